The van der Waals surface area contributed by atoms with Gasteiger partial charge in [-0.25, -0.2) is 4.39 Å². The molecular formula is C21H22FNO2. The summed E-state index contributed by atoms with van der Waals surface area (Å²) in [5.74, 6) is 0.382. The zero-order valence-corrected chi connectivity index (χ0v) is 14.4. The van der Waals surface area contributed by atoms with Crippen molar-refractivity contribution in [3.8, 4) is 5.75 Å². The van der Waals surface area contributed by atoms with Gasteiger partial charge in [-0.05, 0) is 74.0 Å². The third kappa shape index (κ3) is 4.54. The third-order valence-corrected chi connectivity index (χ3v) is 4.45. The third-order valence-electron chi connectivity index (χ3n) is 4.45. The van der Waals surface area contributed by atoms with Crippen LogP contribution in [0.5, 0.6) is 5.75 Å². The van der Waals surface area contributed by atoms with Crippen molar-refractivity contribution in [1.29, 1.82) is 0 Å². The fourth-order valence-electron chi connectivity index (χ4n) is 3.09. The van der Waals surface area contributed by atoms with Crippen molar-refractivity contribution in [2.24, 2.45) is 0 Å². The first-order valence-electron chi connectivity index (χ1n) is 8.53. The van der Waals surface area contributed by atoms with Crippen LogP contribution >= 0.6 is 0 Å². The average Bonchev–Trinajstić information content (AvgIpc) is 3.13. The lowest BCUT2D eigenvalue weighted by Crippen LogP contribution is -2.18. The normalized spacial score (nSPS) is 15.0. The SMILES string of the molecule is COc1ccc(/C=C/C(=O)c2ccc(F)cc2)cc1CN1CCCC1. The molecule has 1 fully saturated rings. The van der Waals surface area contributed by atoms with Crippen LogP contribution < -0.4 is 4.74 Å². The molecule has 2 aromatic carbocycles. The quantitative estimate of drug-likeness (QED) is 0.580. The van der Waals surface area contributed by atoms with Crippen LogP contribution in [0.1, 0.15) is 34.3 Å². The van der Waals surface area contributed by atoms with E-state index in [1.807, 2.05) is 12.1 Å². The number of hydrogen-bond donors (Lipinski definition) is 0. The summed E-state index contributed by atoms with van der Waals surface area (Å²) in [5.41, 5.74) is 2.55. The zero-order chi connectivity index (χ0) is 17.6. The van der Waals surface area contributed by atoms with Gasteiger partial charge in [0.1, 0.15) is 11.6 Å². The molecule has 0 amide bonds. The van der Waals surface area contributed by atoms with Gasteiger partial charge in [0.15, 0.2) is 5.78 Å². The summed E-state index contributed by atoms with van der Waals surface area (Å²) < 4.78 is 18.4. The molecule has 3 nitrogen and oxygen atoms in total. The molecule has 1 aliphatic heterocycles. The van der Waals surface area contributed by atoms with Gasteiger partial charge >= 0.3 is 0 Å². The van der Waals surface area contributed by atoms with E-state index in [2.05, 4.69) is 11.0 Å². The van der Waals surface area contributed by atoms with E-state index in [0.29, 0.717) is 5.56 Å². The number of halogens is 1. The Hall–Kier alpha value is -2.46. The Bertz CT molecular complexity index is 762. The monoisotopic (exact) mass is 339 g/mol. The van der Waals surface area contributed by atoms with Gasteiger partial charge < -0.3 is 4.74 Å². The molecule has 130 valence electrons. The van der Waals surface area contributed by atoms with Crippen LogP contribution in [0.3, 0.4) is 0 Å². The van der Waals surface area contributed by atoms with Crippen molar-refractivity contribution in [3.05, 3.63) is 71.0 Å². The van der Waals surface area contributed by atoms with Crippen LogP contribution in [0, 0.1) is 5.82 Å². The lowest BCUT2D eigenvalue weighted by molar-refractivity contribution is 0.104. The molecule has 0 saturated carbocycles. The fraction of sp³-hybridized carbons (Fsp3) is 0.286. The Morgan fingerprint density at radius 3 is 2.56 bits per heavy atom. The van der Waals surface area contributed by atoms with Gasteiger partial charge in [-0.2, -0.15) is 0 Å². The summed E-state index contributed by atoms with van der Waals surface area (Å²) in [7, 11) is 1.68. The second-order valence-corrected chi connectivity index (χ2v) is 6.26. The Balaban J connectivity index is 1.74. The molecule has 1 saturated heterocycles. The molecule has 1 heterocycles. The van der Waals surface area contributed by atoms with Crippen LogP contribution in [0.4, 0.5) is 4.39 Å². The predicted molar refractivity (Wildman–Crippen MR) is 97.3 cm³/mol. The predicted octanol–water partition coefficient (Wildman–Crippen LogP) is 4.33. The van der Waals surface area contributed by atoms with E-state index in [0.717, 1.165) is 36.5 Å². The number of carbonyl (C=O) groups is 1. The Morgan fingerprint density at radius 2 is 1.88 bits per heavy atom. The van der Waals surface area contributed by atoms with Gasteiger partial charge in [-0.3, -0.25) is 9.69 Å². The molecule has 2 aromatic rings. The Kier molecular flexibility index (Phi) is 5.61. The number of benzene rings is 2. The smallest absolute Gasteiger partial charge is 0.185 e. The van der Waals surface area contributed by atoms with Crippen LogP contribution in [-0.4, -0.2) is 30.9 Å². The van der Waals surface area contributed by atoms with Crippen molar-refractivity contribution in [2.45, 2.75) is 19.4 Å². The highest BCUT2D eigenvalue weighted by Gasteiger charge is 2.14. The highest BCUT2D eigenvalue weighted by molar-refractivity contribution is 6.06. The molecule has 0 aromatic heterocycles. The van der Waals surface area contributed by atoms with Gasteiger partial charge in [0.05, 0.1) is 7.11 Å². The standard InChI is InChI=1S/C21H22FNO2/c1-25-21-11-5-16(14-18(21)15-23-12-2-3-13-23)4-10-20(24)17-6-8-19(22)9-7-17/h4-11,14H,2-3,12-13,15H2,1H3/b10-4+. The lowest BCUT2D eigenvalue weighted by Gasteiger charge is -2.17. The molecule has 0 atom stereocenters. The fourth-order valence-corrected chi connectivity index (χ4v) is 3.09. The molecule has 0 aliphatic carbocycles. The molecule has 0 radical (unpaired) electrons. The van der Waals surface area contributed by atoms with E-state index in [-0.39, 0.29) is 11.6 Å². The number of allylic oxidation sites excluding steroid dienone is 1. The van der Waals surface area contributed by atoms with Crippen molar-refractivity contribution in [3.63, 3.8) is 0 Å². The second-order valence-electron chi connectivity index (χ2n) is 6.26. The molecule has 0 N–H and O–H groups in total. The molecule has 4 heteroatoms. The van der Waals surface area contributed by atoms with Gasteiger partial charge in [0, 0.05) is 17.7 Å². The van der Waals surface area contributed by atoms with Crippen molar-refractivity contribution < 1.29 is 13.9 Å². The van der Waals surface area contributed by atoms with E-state index in [4.69, 9.17) is 4.74 Å². The molecule has 0 unspecified atom stereocenters. The van der Waals surface area contributed by atoms with E-state index in [9.17, 15) is 9.18 Å². The van der Waals surface area contributed by atoms with Crippen LogP contribution in [-0.2, 0) is 6.54 Å². The second kappa shape index (κ2) is 8.08. The largest absolute Gasteiger partial charge is 0.496 e. The number of methoxy groups -OCH3 is 1. The molecule has 0 bridgehead atoms. The van der Waals surface area contributed by atoms with E-state index in [1.54, 1.807) is 13.2 Å². The highest BCUT2D eigenvalue weighted by atomic mass is 19.1. The highest BCUT2D eigenvalue weighted by Crippen LogP contribution is 2.24. The lowest BCUT2D eigenvalue weighted by atomic mass is 10.1. The van der Waals surface area contributed by atoms with E-state index < -0.39 is 0 Å². The van der Waals surface area contributed by atoms with Gasteiger partial charge in [0.2, 0.25) is 0 Å². The Labute approximate surface area is 147 Å². The minimum atomic E-state index is -0.345. The number of rotatable bonds is 6. The molecule has 25 heavy (non-hydrogen) atoms. The molecule has 1 aliphatic rings. The van der Waals surface area contributed by atoms with Gasteiger partial charge in [-0.1, -0.05) is 12.1 Å². The van der Waals surface area contributed by atoms with Crippen LogP contribution in [0.15, 0.2) is 48.5 Å². The van der Waals surface area contributed by atoms with Gasteiger partial charge in [0.25, 0.3) is 0 Å². The molecule has 3 rings (SSSR count). The van der Waals surface area contributed by atoms with Crippen molar-refractivity contribution >= 4 is 11.9 Å². The number of nitrogens with zero attached hydrogens (tertiary/aromatic N) is 1. The number of likely N-dealkylation sites (tertiary alicyclic amines) is 1. The average molecular weight is 339 g/mol. The minimum Gasteiger partial charge on any atom is -0.496 e. The van der Waals surface area contributed by atoms with Crippen LogP contribution in [0.25, 0.3) is 6.08 Å². The van der Waals surface area contributed by atoms with E-state index >= 15 is 0 Å². The number of hydrogen-bond acceptors (Lipinski definition) is 3. The zero-order valence-electron chi connectivity index (χ0n) is 14.4. The summed E-state index contributed by atoms with van der Waals surface area (Å²) in [6.07, 6.45) is 5.80. The summed E-state index contributed by atoms with van der Waals surface area (Å²) >= 11 is 0. The maximum atomic E-state index is 12.9. The Morgan fingerprint density at radius 1 is 1.16 bits per heavy atom. The topological polar surface area (TPSA) is 29.5 Å². The maximum Gasteiger partial charge on any atom is 0.185 e. The van der Waals surface area contributed by atoms with Gasteiger partial charge in [-0.15, -0.1) is 0 Å². The first kappa shape index (κ1) is 17.4. The number of ketones is 1. The van der Waals surface area contributed by atoms with E-state index in [1.165, 1.54) is 43.2 Å². The van der Waals surface area contributed by atoms with Crippen molar-refractivity contribution in [2.75, 3.05) is 20.2 Å². The first-order valence-corrected chi connectivity index (χ1v) is 8.53. The van der Waals surface area contributed by atoms with Crippen LogP contribution in [0.2, 0.25) is 0 Å². The minimum absolute atomic E-state index is 0.142. The van der Waals surface area contributed by atoms with Crippen molar-refractivity contribution in [1.82, 2.24) is 4.90 Å². The molecular weight excluding hydrogens is 317 g/mol. The number of carbonyl (C=O) groups excluding carboxylic acids is 1. The maximum absolute atomic E-state index is 12.9. The summed E-state index contributed by atoms with van der Waals surface area (Å²) in [6.45, 7) is 3.09. The molecule has 0 spiro atoms. The summed E-state index contributed by atoms with van der Waals surface area (Å²) in [5, 5.41) is 0. The summed E-state index contributed by atoms with van der Waals surface area (Å²) in [4.78, 5) is 14.6. The first-order chi connectivity index (χ1) is 12.2. The number of ether oxygens (including phenoxy) is 1. The summed E-state index contributed by atoms with van der Waals surface area (Å²) in [6, 6.07) is 11.5.